The predicted octanol–water partition coefficient (Wildman–Crippen LogP) is 4.93. The van der Waals surface area contributed by atoms with Gasteiger partial charge in [0.15, 0.2) is 0 Å². The molecule has 112 valence electrons. The number of nitrogens with one attached hydrogen (secondary N) is 1. The molecule has 0 aliphatic heterocycles. The average Bonchev–Trinajstić information content (AvgIpc) is 2.46. The second-order valence-electron chi connectivity index (χ2n) is 4.56. The Kier molecular flexibility index (Phi) is 6.03. The molecular weight excluding hydrogens is 357 g/mol. The van der Waals surface area contributed by atoms with Gasteiger partial charge in [-0.1, -0.05) is 40.5 Å². The largest absolute Gasteiger partial charge is 0.489 e. The monoisotopic (exact) mass is 371 g/mol. The summed E-state index contributed by atoms with van der Waals surface area (Å²) in [6, 6.07) is 10.3. The van der Waals surface area contributed by atoms with E-state index in [1.54, 1.807) is 12.1 Å². The molecule has 0 fully saturated rings. The van der Waals surface area contributed by atoms with Crippen molar-refractivity contribution in [3.63, 3.8) is 0 Å². The van der Waals surface area contributed by atoms with Gasteiger partial charge in [-0.2, -0.15) is 0 Å². The lowest BCUT2D eigenvalue weighted by Gasteiger charge is -2.11. The molecule has 0 aliphatic carbocycles. The van der Waals surface area contributed by atoms with Gasteiger partial charge in [0.2, 0.25) is 0 Å². The van der Waals surface area contributed by atoms with Gasteiger partial charge in [-0.3, -0.25) is 0 Å². The summed E-state index contributed by atoms with van der Waals surface area (Å²) < 4.78 is 20.4. The lowest BCUT2D eigenvalue weighted by molar-refractivity contribution is 0.299. The highest BCUT2D eigenvalue weighted by Gasteiger charge is 2.06. The van der Waals surface area contributed by atoms with Crippen molar-refractivity contribution in [2.24, 2.45) is 0 Å². The van der Waals surface area contributed by atoms with E-state index in [9.17, 15) is 4.39 Å². The molecule has 1 N–H and O–H groups in total. The zero-order valence-corrected chi connectivity index (χ0v) is 14.0. The van der Waals surface area contributed by atoms with Crippen molar-refractivity contribution in [3.8, 4) is 5.75 Å². The second kappa shape index (κ2) is 7.78. The van der Waals surface area contributed by atoms with Crippen LogP contribution in [0.1, 0.15) is 18.1 Å². The van der Waals surface area contributed by atoms with Crippen LogP contribution < -0.4 is 10.1 Å². The van der Waals surface area contributed by atoms with Crippen LogP contribution in [-0.2, 0) is 13.2 Å². The fourth-order valence-corrected chi connectivity index (χ4v) is 2.38. The van der Waals surface area contributed by atoms with Gasteiger partial charge in [-0.05, 0) is 42.4 Å². The van der Waals surface area contributed by atoms with Gasteiger partial charge in [0.05, 0.1) is 0 Å². The van der Waals surface area contributed by atoms with Crippen LogP contribution in [0.2, 0.25) is 5.02 Å². The van der Waals surface area contributed by atoms with Crippen LogP contribution in [0, 0.1) is 5.82 Å². The molecule has 0 saturated carbocycles. The van der Waals surface area contributed by atoms with E-state index in [1.807, 2.05) is 18.2 Å². The summed E-state index contributed by atoms with van der Waals surface area (Å²) in [5.74, 6) is 0.355. The van der Waals surface area contributed by atoms with Gasteiger partial charge < -0.3 is 10.1 Å². The van der Waals surface area contributed by atoms with Crippen molar-refractivity contribution < 1.29 is 9.13 Å². The molecule has 0 spiro atoms. The van der Waals surface area contributed by atoms with Crippen molar-refractivity contribution in [3.05, 3.63) is 62.8 Å². The first-order valence-electron chi connectivity index (χ1n) is 6.66. The van der Waals surface area contributed by atoms with Crippen LogP contribution in [-0.4, -0.2) is 6.54 Å². The molecule has 2 aromatic carbocycles. The average molecular weight is 373 g/mol. The Morgan fingerprint density at radius 2 is 2.00 bits per heavy atom. The van der Waals surface area contributed by atoms with Gasteiger partial charge in [0.25, 0.3) is 0 Å². The topological polar surface area (TPSA) is 21.3 Å². The van der Waals surface area contributed by atoms with Gasteiger partial charge >= 0.3 is 0 Å². The standard InChI is InChI=1S/C16H16BrClFNO/c1-2-20-9-12-7-14(5-6-15(12)17)21-10-11-3-4-13(18)8-16(11)19/h3-8,20H,2,9-10H2,1H3. The third-order valence-electron chi connectivity index (χ3n) is 2.99. The molecule has 0 amide bonds. The van der Waals surface area contributed by atoms with Gasteiger partial charge in [-0.15, -0.1) is 0 Å². The predicted molar refractivity (Wildman–Crippen MR) is 87.3 cm³/mol. The number of ether oxygens (including phenoxy) is 1. The van der Waals surface area contributed by atoms with Crippen LogP contribution in [0.25, 0.3) is 0 Å². The number of halogens is 3. The highest BCUT2D eigenvalue weighted by atomic mass is 79.9. The third kappa shape index (κ3) is 4.70. The van der Waals surface area contributed by atoms with E-state index < -0.39 is 0 Å². The Balaban J connectivity index is 2.05. The van der Waals surface area contributed by atoms with Crippen molar-refractivity contribution in [1.82, 2.24) is 5.32 Å². The van der Waals surface area contributed by atoms with Crippen LogP contribution in [0.5, 0.6) is 5.75 Å². The highest BCUT2D eigenvalue weighted by Crippen LogP contribution is 2.24. The number of rotatable bonds is 6. The number of hydrogen-bond acceptors (Lipinski definition) is 2. The Morgan fingerprint density at radius 1 is 1.19 bits per heavy atom. The maximum Gasteiger partial charge on any atom is 0.131 e. The molecule has 0 unspecified atom stereocenters. The first-order valence-corrected chi connectivity index (χ1v) is 7.83. The quantitative estimate of drug-likeness (QED) is 0.776. The minimum absolute atomic E-state index is 0.172. The molecule has 2 rings (SSSR count). The van der Waals surface area contributed by atoms with E-state index in [0.29, 0.717) is 16.3 Å². The summed E-state index contributed by atoms with van der Waals surface area (Å²) in [7, 11) is 0. The van der Waals surface area contributed by atoms with Crippen LogP contribution in [0.3, 0.4) is 0 Å². The van der Waals surface area contributed by atoms with E-state index in [1.165, 1.54) is 6.07 Å². The molecule has 21 heavy (non-hydrogen) atoms. The zero-order chi connectivity index (χ0) is 15.2. The SMILES string of the molecule is CCNCc1cc(OCc2ccc(Cl)cc2F)ccc1Br. The first-order chi connectivity index (χ1) is 10.1. The fraction of sp³-hybridized carbons (Fsp3) is 0.250. The summed E-state index contributed by atoms with van der Waals surface area (Å²) in [5, 5.41) is 3.64. The summed E-state index contributed by atoms with van der Waals surface area (Å²) in [6.07, 6.45) is 0. The summed E-state index contributed by atoms with van der Waals surface area (Å²) in [6.45, 7) is 3.87. The molecule has 0 saturated heterocycles. The van der Waals surface area contributed by atoms with E-state index >= 15 is 0 Å². The van der Waals surface area contributed by atoms with Crippen molar-refractivity contribution in [2.45, 2.75) is 20.1 Å². The molecule has 0 atom stereocenters. The van der Waals surface area contributed by atoms with E-state index in [0.717, 1.165) is 23.1 Å². The maximum atomic E-state index is 13.7. The second-order valence-corrected chi connectivity index (χ2v) is 5.85. The minimum atomic E-state index is -0.354. The van der Waals surface area contributed by atoms with E-state index in [-0.39, 0.29) is 12.4 Å². The third-order valence-corrected chi connectivity index (χ3v) is 4.00. The Bertz CT molecular complexity index is 621. The van der Waals surface area contributed by atoms with Gasteiger partial charge in [-0.25, -0.2) is 4.39 Å². The van der Waals surface area contributed by atoms with Crippen LogP contribution in [0.15, 0.2) is 40.9 Å². The van der Waals surface area contributed by atoms with Crippen molar-refractivity contribution >= 4 is 27.5 Å². The Morgan fingerprint density at radius 3 is 2.71 bits per heavy atom. The molecule has 0 heterocycles. The lowest BCUT2D eigenvalue weighted by Crippen LogP contribution is -2.12. The molecule has 0 bridgehead atoms. The smallest absolute Gasteiger partial charge is 0.131 e. The van der Waals surface area contributed by atoms with Crippen molar-refractivity contribution in [1.29, 1.82) is 0 Å². The Labute approximate surface area is 137 Å². The molecule has 5 heteroatoms. The van der Waals surface area contributed by atoms with Gasteiger partial charge in [0.1, 0.15) is 18.2 Å². The first kappa shape index (κ1) is 16.3. The minimum Gasteiger partial charge on any atom is -0.489 e. The fourth-order valence-electron chi connectivity index (χ4n) is 1.84. The number of benzene rings is 2. The maximum absolute atomic E-state index is 13.7. The summed E-state index contributed by atoms with van der Waals surface area (Å²) in [4.78, 5) is 0. The molecule has 2 nitrogen and oxygen atoms in total. The van der Waals surface area contributed by atoms with Crippen LogP contribution >= 0.6 is 27.5 Å². The van der Waals surface area contributed by atoms with Crippen molar-refractivity contribution in [2.75, 3.05) is 6.54 Å². The molecule has 2 aromatic rings. The molecule has 0 radical (unpaired) electrons. The normalized spacial score (nSPS) is 10.7. The molecule has 0 aromatic heterocycles. The molecular formula is C16H16BrClFNO. The van der Waals surface area contributed by atoms with Gasteiger partial charge in [0, 0.05) is 21.6 Å². The van der Waals surface area contributed by atoms with E-state index in [2.05, 4.69) is 28.2 Å². The van der Waals surface area contributed by atoms with Crippen LogP contribution in [0.4, 0.5) is 4.39 Å². The number of hydrogen-bond donors (Lipinski definition) is 1. The molecule has 0 aliphatic rings. The summed E-state index contributed by atoms with van der Waals surface area (Å²) in [5.41, 5.74) is 1.58. The zero-order valence-electron chi connectivity index (χ0n) is 11.6. The highest BCUT2D eigenvalue weighted by molar-refractivity contribution is 9.10. The van der Waals surface area contributed by atoms with E-state index in [4.69, 9.17) is 16.3 Å². The lowest BCUT2D eigenvalue weighted by atomic mass is 10.2. The Hall–Kier alpha value is -1.10. The summed E-state index contributed by atoms with van der Waals surface area (Å²) >= 11 is 9.23.